The monoisotopic (exact) mass is 627 g/mol. The third-order valence-electron chi connectivity index (χ3n) is 10.0. The van der Waals surface area contributed by atoms with Gasteiger partial charge in [0.05, 0.1) is 11.8 Å². The Morgan fingerprint density at radius 1 is 1.00 bits per heavy atom. The van der Waals surface area contributed by atoms with Gasteiger partial charge < -0.3 is 25.1 Å². The quantitative estimate of drug-likeness (QED) is 0.117. The molecule has 0 saturated carbocycles. The van der Waals surface area contributed by atoms with E-state index < -0.39 is 8.32 Å². The van der Waals surface area contributed by atoms with Crippen LogP contribution >= 0.6 is 0 Å². The molecule has 2 bridgehead atoms. The van der Waals surface area contributed by atoms with E-state index in [1.165, 1.54) is 11.1 Å². The van der Waals surface area contributed by atoms with Crippen molar-refractivity contribution in [2.45, 2.75) is 89.1 Å². The van der Waals surface area contributed by atoms with Gasteiger partial charge in [0.2, 0.25) is 6.41 Å². The number of benzene rings is 3. The lowest BCUT2D eigenvalue weighted by molar-refractivity contribution is -0.105. The Balaban J connectivity index is 1.29. The molecule has 2 amide bonds. The molecule has 45 heavy (non-hydrogen) atoms. The van der Waals surface area contributed by atoms with Gasteiger partial charge in [-0.2, -0.15) is 0 Å². The maximum atomic E-state index is 13.7. The van der Waals surface area contributed by atoms with E-state index in [4.69, 9.17) is 4.43 Å². The maximum Gasteiger partial charge on any atom is 0.253 e. The maximum absolute atomic E-state index is 13.7. The van der Waals surface area contributed by atoms with Crippen molar-refractivity contribution in [1.82, 2.24) is 10.2 Å². The van der Waals surface area contributed by atoms with E-state index in [0.717, 1.165) is 42.6 Å². The van der Waals surface area contributed by atoms with E-state index in [-0.39, 0.29) is 28.3 Å². The Kier molecular flexibility index (Phi) is 9.32. The zero-order chi connectivity index (χ0) is 32.6. The van der Waals surface area contributed by atoms with Crippen molar-refractivity contribution >= 4 is 26.3 Å². The van der Waals surface area contributed by atoms with Crippen LogP contribution in [-0.4, -0.2) is 55.8 Å². The molecular formula is C37H49N3O4Si. The van der Waals surface area contributed by atoms with E-state index in [0.29, 0.717) is 30.5 Å². The molecule has 3 unspecified atom stereocenters. The lowest BCUT2D eigenvalue weighted by atomic mass is 9.92. The number of phenols is 1. The molecule has 1 heterocycles. The van der Waals surface area contributed by atoms with Crippen LogP contribution < -0.4 is 10.6 Å². The number of phenolic OH excluding ortho intramolecular Hbond substituents is 1. The second-order valence-corrected chi connectivity index (χ2v) is 19.8. The van der Waals surface area contributed by atoms with Crippen LogP contribution in [0.15, 0.2) is 66.7 Å². The summed E-state index contributed by atoms with van der Waals surface area (Å²) in [6, 6.07) is 22.0. The predicted octanol–water partition coefficient (Wildman–Crippen LogP) is 7.36. The van der Waals surface area contributed by atoms with Gasteiger partial charge in [-0.15, -0.1) is 0 Å². The molecule has 1 fully saturated rings. The van der Waals surface area contributed by atoms with Crippen molar-refractivity contribution in [1.29, 1.82) is 0 Å². The number of rotatable bonds is 11. The largest absolute Gasteiger partial charge is 0.506 e. The summed E-state index contributed by atoms with van der Waals surface area (Å²) in [5, 5.41) is 16.6. The van der Waals surface area contributed by atoms with Crippen LogP contribution in [0, 0.1) is 0 Å². The van der Waals surface area contributed by atoms with Crippen LogP contribution in [0.4, 0.5) is 5.69 Å². The standard InChI is InChI=1S/C37H49N3O4Si/c1-36(2,3)45(6,7)44-34(26-15-16-33(42)32(19-26)38-24-41)21-39-37(4,5)20-25-11-10-12-27(17-25)35(43)40-22-28-18-29(23-40)31-14-9-8-13-30(28)31/h8-17,19,24,28-29,34,39,42H,18,20-23H2,1-7H3,(H,38,41). The van der Waals surface area contributed by atoms with Crippen molar-refractivity contribution < 1.29 is 19.1 Å². The molecular weight excluding hydrogens is 579 g/mol. The number of carbonyl (C=O) groups is 2. The summed E-state index contributed by atoms with van der Waals surface area (Å²) in [7, 11) is -2.17. The molecule has 3 atom stereocenters. The molecule has 0 aromatic heterocycles. The molecule has 3 N–H and O–H groups in total. The number of fused-ring (bicyclic) bond motifs is 5. The fourth-order valence-electron chi connectivity index (χ4n) is 6.60. The molecule has 240 valence electrons. The number of aromatic hydroxyl groups is 1. The lowest BCUT2D eigenvalue weighted by Gasteiger charge is -2.40. The third-order valence-corrected chi connectivity index (χ3v) is 14.5. The minimum atomic E-state index is -2.17. The third kappa shape index (κ3) is 7.34. The summed E-state index contributed by atoms with van der Waals surface area (Å²) >= 11 is 0. The van der Waals surface area contributed by atoms with E-state index in [2.05, 4.69) is 99.6 Å². The van der Waals surface area contributed by atoms with Crippen LogP contribution in [0.2, 0.25) is 18.1 Å². The van der Waals surface area contributed by atoms with Gasteiger partial charge in [-0.3, -0.25) is 9.59 Å². The van der Waals surface area contributed by atoms with Crippen molar-refractivity contribution in [2.75, 3.05) is 25.0 Å². The molecule has 1 saturated heterocycles. The lowest BCUT2D eigenvalue weighted by Crippen LogP contribution is -2.47. The number of hydrogen-bond acceptors (Lipinski definition) is 5. The fourth-order valence-corrected chi connectivity index (χ4v) is 7.89. The van der Waals surface area contributed by atoms with Gasteiger partial charge in [-0.1, -0.05) is 63.2 Å². The molecule has 8 heteroatoms. The molecule has 3 aromatic rings. The number of piperidine rings is 1. The van der Waals surface area contributed by atoms with Crippen molar-refractivity contribution in [3.63, 3.8) is 0 Å². The minimum absolute atomic E-state index is 0.00517. The van der Waals surface area contributed by atoms with Gasteiger partial charge in [-0.05, 0) is 91.3 Å². The number of nitrogens with zero attached hydrogens (tertiary/aromatic N) is 1. The molecule has 0 spiro atoms. The average molecular weight is 628 g/mol. The molecule has 1 aliphatic heterocycles. The highest BCUT2D eigenvalue weighted by molar-refractivity contribution is 6.74. The topological polar surface area (TPSA) is 90.9 Å². The SMILES string of the molecule is CC(C)(Cc1cccc(C(=O)N2CC3CC(C2)c2ccccc23)c1)NCC(O[Si](C)(C)C(C)(C)C)c1ccc(O)c(NC=O)c1. The highest BCUT2D eigenvalue weighted by Crippen LogP contribution is 2.46. The molecule has 2 aliphatic rings. The van der Waals surface area contributed by atoms with E-state index in [1.54, 1.807) is 12.1 Å². The number of likely N-dealkylation sites (tertiary alicyclic amines) is 1. The van der Waals surface area contributed by atoms with E-state index in [1.807, 2.05) is 18.2 Å². The fraction of sp³-hybridized carbons (Fsp3) is 0.459. The van der Waals surface area contributed by atoms with Crippen molar-refractivity contribution in [3.05, 3.63) is 94.5 Å². The van der Waals surface area contributed by atoms with E-state index in [9.17, 15) is 14.7 Å². The zero-order valence-electron chi connectivity index (χ0n) is 27.8. The Bertz CT molecular complexity index is 1520. The second-order valence-electron chi connectivity index (χ2n) is 15.0. The van der Waals surface area contributed by atoms with Crippen LogP contribution in [0.1, 0.15) is 91.6 Å². The predicted molar refractivity (Wildman–Crippen MR) is 183 cm³/mol. The highest BCUT2D eigenvalue weighted by atomic mass is 28.4. The minimum Gasteiger partial charge on any atom is -0.506 e. The Morgan fingerprint density at radius 2 is 1.67 bits per heavy atom. The Morgan fingerprint density at radius 3 is 2.29 bits per heavy atom. The van der Waals surface area contributed by atoms with Crippen LogP contribution in [0.5, 0.6) is 5.75 Å². The first-order valence-electron chi connectivity index (χ1n) is 16.1. The zero-order valence-corrected chi connectivity index (χ0v) is 28.8. The number of carbonyl (C=O) groups excluding carboxylic acids is 2. The molecule has 3 aromatic carbocycles. The first-order valence-corrected chi connectivity index (χ1v) is 19.0. The highest BCUT2D eigenvalue weighted by Gasteiger charge is 2.41. The number of nitrogens with one attached hydrogen (secondary N) is 2. The number of hydrogen-bond donors (Lipinski definition) is 3. The summed E-state index contributed by atoms with van der Waals surface area (Å²) in [6.45, 7) is 17.5. The summed E-state index contributed by atoms with van der Waals surface area (Å²) in [5.41, 5.74) is 5.62. The Labute approximate surface area is 269 Å². The number of amides is 2. The molecule has 0 radical (unpaired) electrons. The first kappa shape index (κ1) is 32.9. The van der Waals surface area contributed by atoms with Gasteiger partial charge in [0.15, 0.2) is 8.32 Å². The average Bonchev–Trinajstić information content (AvgIpc) is 3.24. The summed E-state index contributed by atoms with van der Waals surface area (Å²) < 4.78 is 6.90. The smallest absolute Gasteiger partial charge is 0.253 e. The number of anilines is 1. The van der Waals surface area contributed by atoms with Gasteiger partial charge in [0.1, 0.15) is 5.75 Å². The van der Waals surface area contributed by atoms with Gasteiger partial charge in [0, 0.05) is 42.6 Å². The van der Waals surface area contributed by atoms with Gasteiger partial charge in [-0.25, -0.2) is 0 Å². The van der Waals surface area contributed by atoms with Crippen molar-refractivity contribution in [2.24, 2.45) is 0 Å². The molecule has 5 rings (SSSR count). The second kappa shape index (κ2) is 12.7. The molecule has 1 aliphatic carbocycles. The first-order chi connectivity index (χ1) is 21.2. The van der Waals surface area contributed by atoms with Crippen molar-refractivity contribution in [3.8, 4) is 5.75 Å². The Hall–Kier alpha value is -3.46. The van der Waals surface area contributed by atoms with E-state index >= 15 is 0 Å². The van der Waals surface area contributed by atoms with Gasteiger partial charge >= 0.3 is 0 Å². The van der Waals surface area contributed by atoms with Gasteiger partial charge in [0.25, 0.3) is 5.91 Å². The molecule has 7 nitrogen and oxygen atoms in total. The summed E-state index contributed by atoms with van der Waals surface area (Å²) in [4.78, 5) is 26.9. The summed E-state index contributed by atoms with van der Waals surface area (Å²) in [5.74, 6) is 0.979. The van der Waals surface area contributed by atoms with Crippen LogP contribution in [-0.2, 0) is 15.6 Å². The van der Waals surface area contributed by atoms with Crippen LogP contribution in [0.3, 0.4) is 0 Å². The normalized spacial score (nSPS) is 18.8. The summed E-state index contributed by atoms with van der Waals surface area (Å²) in [6.07, 6.45) is 2.15. The van der Waals surface area contributed by atoms with Crippen LogP contribution in [0.25, 0.3) is 0 Å².